The lowest BCUT2D eigenvalue weighted by atomic mass is 9.77. The van der Waals surface area contributed by atoms with Gasteiger partial charge in [-0.05, 0) is 66.5 Å². The van der Waals surface area contributed by atoms with Gasteiger partial charge < -0.3 is 4.42 Å². The molecule has 0 radical (unpaired) electrons. The number of hydrogen-bond acceptors (Lipinski definition) is 2. The molecule has 39 heavy (non-hydrogen) atoms. The van der Waals surface area contributed by atoms with Crippen LogP contribution in [0.1, 0.15) is 134 Å². The number of rotatable bonds is 15. The molecular weight excluding hydrogens is 483 g/mol. The van der Waals surface area contributed by atoms with Crippen molar-refractivity contribution in [2.45, 2.75) is 129 Å². The largest absolute Gasteiger partial charge is 0.427 e. The summed E-state index contributed by atoms with van der Waals surface area (Å²) in [5.74, 6) is 1.69. The second kappa shape index (κ2) is 15.4. The molecule has 0 atom stereocenters. The van der Waals surface area contributed by atoms with Gasteiger partial charge in [0.05, 0.1) is 0 Å². The summed E-state index contributed by atoms with van der Waals surface area (Å²) >= 11 is 0. The lowest BCUT2D eigenvalue weighted by molar-refractivity contribution is 0.302. The van der Waals surface area contributed by atoms with Gasteiger partial charge in [-0.3, -0.25) is 0 Å². The predicted octanol–water partition coefficient (Wildman–Crippen LogP) is 11.1. The van der Waals surface area contributed by atoms with Crippen LogP contribution in [0.15, 0.2) is 51.7 Å². The van der Waals surface area contributed by atoms with E-state index in [9.17, 15) is 4.79 Å². The van der Waals surface area contributed by atoms with Gasteiger partial charge in [0, 0.05) is 12.0 Å². The molecule has 1 aliphatic rings. The zero-order valence-electron chi connectivity index (χ0n) is 24.4. The molecule has 0 amide bonds. The first-order valence-electron chi connectivity index (χ1n) is 16.0. The normalized spacial score (nSPS) is 17.6. The zero-order chi connectivity index (χ0) is 27.5. The maximum atomic E-state index is 15.6. The van der Waals surface area contributed by atoms with E-state index in [0.29, 0.717) is 22.6 Å². The van der Waals surface area contributed by atoms with Crippen LogP contribution in [0.5, 0.6) is 0 Å². The van der Waals surface area contributed by atoms with E-state index in [-0.39, 0.29) is 5.39 Å². The lowest BCUT2D eigenvalue weighted by Gasteiger charge is -2.29. The smallest absolute Gasteiger partial charge is 0.346 e. The molecule has 1 aliphatic carbocycles. The van der Waals surface area contributed by atoms with E-state index >= 15 is 4.39 Å². The van der Waals surface area contributed by atoms with Crippen LogP contribution in [0.4, 0.5) is 4.39 Å². The molecule has 3 aromatic rings. The highest BCUT2D eigenvalue weighted by molar-refractivity contribution is 5.87. The van der Waals surface area contributed by atoms with E-state index in [2.05, 4.69) is 26.0 Å². The van der Waals surface area contributed by atoms with Gasteiger partial charge in [-0.15, -0.1) is 0 Å². The Balaban J connectivity index is 1.35. The van der Waals surface area contributed by atoms with E-state index < -0.39 is 11.4 Å². The van der Waals surface area contributed by atoms with Crippen molar-refractivity contribution in [1.29, 1.82) is 0 Å². The number of fused-ring (bicyclic) bond motifs is 1. The molecule has 0 saturated heterocycles. The van der Waals surface area contributed by atoms with Crippen LogP contribution in [0.2, 0.25) is 0 Å². The summed E-state index contributed by atoms with van der Waals surface area (Å²) in [5, 5.41) is 0.698. The average Bonchev–Trinajstić information content (AvgIpc) is 2.95. The van der Waals surface area contributed by atoms with Crippen LogP contribution < -0.4 is 5.63 Å². The van der Waals surface area contributed by atoms with E-state index in [1.165, 1.54) is 95.5 Å². The average molecular weight is 533 g/mol. The maximum absolute atomic E-state index is 15.6. The van der Waals surface area contributed by atoms with Crippen LogP contribution in [-0.2, 0) is 6.42 Å². The van der Waals surface area contributed by atoms with Gasteiger partial charge in [0.15, 0.2) is 0 Å². The first-order chi connectivity index (χ1) is 19.1. The van der Waals surface area contributed by atoms with Gasteiger partial charge >= 0.3 is 5.63 Å². The topological polar surface area (TPSA) is 30.2 Å². The fraction of sp³-hybridized carbons (Fsp3) is 0.583. The Morgan fingerprint density at radius 1 is 0.769 bits per heavy atom. The van der Waals surface area contributed by atoms with Gasteiger partial charge in [0.1, 0.15) is 17.0 Å². The molecule has 1 heterocycles. The lowest BCUT2D eigenvalue weighted by Crippen LogP contribution is -2.13. The molecule has 1 aromatic heterocycles. The minimum Gasteiger partial charge on any atom is -0.427 e. The third-order valence-electron chi connectivity index (χ3n) is 8.95. The summed E-state index contributed by atoms with van der Waals surface area (Å²) < 4.78 is 21.1. The first kappa shape index (κ1) is 29.6. The van der Waals surface area contributed by atoms with Gasteiger partial charge in [-0.2, -0.15) is 0 Å². The molecule has 0 N–H and O–H groups in total. The Kier molecular flexibility index (Phi) is 11.7. The van der Waals surface area contributed by atoms with Gasteiger partial charge in [0.25, 0.3) is 0 Å². The number of hydrogen-bond donors (Lipinski definition) is 0. The van der Waals surface area contributed by atoms with Crippen molar-refractivity contribution >= 4 is 10.8 Å². The Bertz CT molecular complexity index is 1200. The molecule has 212 valence electrons. The van der Waals surface area contributed by atoms with E-state index in [4.69, 9.17) is 4.42 Å². The number of aryl methyl sites for hydroxylation is 1. The van der Waals surface area contributed by atoms with E-state index in [0.717, 1.165) is 30.7 Å². The maximum Gasteiger partial charge on any atom is 0.346 e. The third kappa shape index (κ3) is 8.29. The number of unbranched alkanes of at least 4 members (excludes halogenated alkanes) is 9. The third-order valence-corrected chi connectivity index (χ3v) is 8.95. The second-order valence-electron chi connectivity index (χ2n) is 12.0. The molecule has 0 unspecified atom stereocenters. The Hall–Kier alpha value is -2.42. The standard InChI is InChI=1S/C36H49FO2/c1-3-5-7-9-11-13-15-32-26-31-24-25-33(35(37)34(31)36(38)39-32)30-22-20-29(21-23-30)28-18-16-27(17-19-28)14-12-10-8-6-4-2/h20-28H,3-19H2,1-2H3. The molecule has 4 rings (SSSR count). The Labute approximate surface area is 235 Å². The SMILES string of the molecule is CCCCCCCCc1cc2ccc(-c3ccc(C4CCC(CCCCCCC)CC4)cc3)c(F)c2c(=O)o1. The van der Waals surface area contributed by atoms with E-state index in [1.807, 2.05) is 30.3 Å². The van der Waals surface area contributed by atoms with Crippen molar-refractivity contribution in [2.24, 2.45) is 5.92 Å². The molecule has 1 fully saturated rings. The van der Waals surface area contributed by atoms with Crippen molar-refractivity contribution in [1.82, 2.24) is 0 Å². The summed E-state index contributed by atoms with van der Waals surface area (Å²) in [6.07, 6.45) is 21.2. The molecule has 0 aliphatic heterocycles. The summed E-state index contributed by atoms with van der Waals surface area (Å²) in [5.41, 5.74) is 2.08. The molecule has 0 spiro atoms. The summed E-state index contributed by atoms with van der Waals surface area (Å²) in [6, 6.07) is 13.9. The van der Waals surface area contributed by atoms with Crippen molar-refractivity contribution in [2.75, 3.05) is 0 Å². The molecule has 3 heteroatoms. The van der Waals surface area contributed by atoms with Crippen LogP contribution in [0.25, 0.3) is 21.9 Å². The van der Waals surface area contributed by atoms with Gasteiger partial charge in [-0.1, -0.05) is 121 Å². The second-order valence-corrected chi connectivity index (χ2v) is 12.0. The van der Waals surface area contributed by atoms with Crippen molar-refractivity contribution < 1.29 is 8.81 Å². The van der Waals surface area contributed by atoms with E-state index in [1.54, 1.807) is 0 Å². The Morgan fingerprint density at radius 2 is 1.41 bits per heavy atom. The van der Waals surface area contributed by atoms with Gasteiger partial charge in [-0.25, -0.2) is 9.18 Å². The van der Waals surface area contributed by atoms with Crippen LogP contribution in [0, 0.1) is 11.7 Å². The summed E-state index contributed by atoms with van der Waals surface area (Å²) in [4.78, 5) is 12.8. The molecular formula is C36H49FO2. The van der Waals surface area contributed by atoms with Gasteiger partial charge in [0.2, 0.25) is 0 Å². The zero-order valence-corrected chi connectivity index (χ0v) is 24.4. The van der Waals surface area contributed by atoms with Crippen LogP contribution in [0.3, 0.4) is 0 Å². The highest BCUT2D eigenvalue weighted by Crippen LogP contribution is 2.38. The monoisotopic (exact) mass is 532 g/mol. The molecule has 2 aromatic carbocycles. The highest BCUT2D eigenvalue weighted by atomic mass is 19.1. The van der Waals surface area contributed by atoms with Crippen LogP contribution in [-0.4, -0.2) is 0 Å². The highest BCUT2D eigenvalue weighted by Gasteiger charge is 2.22. The van der Waals surface area contributed by atoms with Crippen molar-refractivity contribution in [3.63, 3.8) is 0 Å². The van der Waals surface area contributed by atoms with Crippen molar-refractivity contribution in [3.8, 4) is 11.1 Å². The predicted molar refractivity (Wildman–Crippen MR) is 163 cm³/mol. The van der Waals surface area contributed by atoms with Crippen LogP contribution >= 0.6 is 0 Å². The summed E-state index contributed by atoms with van der Waals surface area (Å²) in [6.45, 7) is 4.49. The Morgan fingerprint density at radius 3 is 2.10 bits per heavy atom. The van der Waals surface area contributed by atoms with Crippen molar-refractivity contribution in [3.05, 3.63) is 70.0 Å². The minimum atomic E-state index is -0.563. The molecule has 2 nitrogen and oxygen atoms in total. The first-order valence-corrected chi connectivity index (χ1v) is 16.0. The fourth-order valence-electron chi connectivity index (χ4n) is 6.47. The fourth-order valence-corrected chi connectivity index (χ4v) is 6.47. The molecule has 0 bridgehead atoms. The summed E-state index contributed by atoms with van der Waals surface area (Å²) in [7, 11) is 0. The minimum absolute atomic E-state index is 0.0660. The quantitative estimate of drug-likeness (QED) is 0.182. The number of benzene rings is 2. The number of halogens is 1. The molecule has 1 saturated carbocycles.